The maximum Gasteiger partial charge on any atom is 0.309 e. The highest BCUT2D eigenvalue weighted by Gasteiger charge is 2.36. The van der Waals surface area contributed by atoms with Gasteiger partial charge in [-0.25, -0.2) is 13.4 Å². The van der Waals surface area contributed by atoms with Crippen molar-refractivity contribution >= 4 is 16.0 Å². The van der Waals surface area contributed by atoms with Crippen LogP contribution in [-0.4, -0.2) is 41.9 Å². The largest absolute Gasteiger partial charge is 0.455 e. The molecule has 2 aromatic heterocycles. The molecule has 0 spiro atoms. The molecule has 0 aromatic carbocycles. The molecule has 0 aliphatic carbocycles. The number of rotatable bonds is 5. The van der Waals surface area contributed by atoms with Crippen LogP contribution in [0.25, 0.3) is 0 Å². The molecule has 2 aromatic rings. The van der Waals surface area contributed by atoms with Crippen LogP contribution in [0, 0.1) is 33.6 Å². The Labute approximate surface area is 157 Å². The first-order valence-corrected chi connectivity index (χ1v) is 10.2. The molecular weight excluding hydrogens is 374 g/mol. The number of hydrogen-bond acceptors (Lipinski definition) is 8. The molecule has 3 rings (SSSR count). The van der Waals surface area contributed by atoms with Crippen LogP contribution in [0.1, 0.15) is 41.6 Å². The van der Waals surface area contributed by atoms with E-state index in [4.69, 9.17) is 13.7 Å². The van der Waals surface area contributed by atoms with Gasteiger partial charge in [0.2, 0.25) is 15.9 Å². The quantitative estimate of drug-likeness (QED) is 0.704. The summed E-state index contributed by atoms with van der Waals surface area (Å²) in [7, 11) is -3.69. The predicted octanol–water partition coefficient (Wildman–Crippen LogP) is 2.04. The first-order valence-electron chi connectivity index (χ1n) is 8.72. The summed E-state index contributed by atoms with van der Waals surface area (Å²) in [5.41, 5.74) is 1.10. The molecule has 0 atom stereocenters. The molecule has 0 unspecified atom stereocenters. The molecule has 3 heterocycles. The van der Waals surface area contributed by atoms with Gasteiger partial charge < -0.3 is 13.7 Å². The zero-order chi connectivity index (χ0) is 19.8. The topological polar surface area (TPSA) is 116 Å². The SMILES string of the molecule is Cc1nc(COC(=O)C2CCN(S(=O)(=O)c3c(C)noc3C)CC2)oc1C. The second-order valence-corrected chi connectivity index (χ2v) is 8.56. The molecule has 1 saturated heterocycles. The molecule has 148 valence electrons. The molecule has 0 radical (unpaired) electrons. The van der Waals surface area contributed by atoms with Crippen LogP contribution in [0.4, 0.5) is 0 Å². The molecule has 0 N–H and O–H groups in total. The number of nitrogens with zero attached hydrogens (tertiary/aromatic N) is 3. The van der Waals surface area contributed by atoms with Gasteiger partial charge in [-0.15, -0.1) is 0 Å². The van der Waals surface area contributed by atoms with Crippen molar-refractivity contribution in [2.45, 2.75) is 52.0 Å². The van der Waals surface area contributed by atoms with Crippen LogP contribution >= 0.6 is 0 Å². The van der Waals surface area contributed by atoms with Gasteiger partial charge in [-0.1, -0.05) is 5.16 Å². The molecule has 9 nitrogen and oxygen atoms in total. The summed E-state index contributed by atoms with van der Waals surface area (Å²) in [5, 5.41) is 3.71. The summed E-state index contributed by atoms with van der Waals surface area (Å²) in [6.45, 7) is 7.24. The number of ether oxygens (including phenoxy) is 1. The number of aromatic nitrogens is 2. The molecular formula is C17H23N3O6S. The third kappa shape index (κ3) is 3.91. The first-order chi connectivity index (χ1) is 12.7. The van der Waals surface area contributed by atoms with Crippen LogP contribution in [0.5, 0.6) is 0 Å². The van der Waals surface area contributed by atoms with Crippen molar-refractivity contribution < 1.29 is 26.9 Å². The van der Waals surface area contributed by atoms with Crippen molar-refractivity contribution in [2.75, 3.05) is 13.1 Å². The van der Waals surface area contributed by atoms with E-state index >= 15 is 0 Å². The number of oxazole rings is 1. The normalized spacial score (nSPS) is 16.6. The van der Waals surface area contributed by atoms with Gasteiger partial charge in [-0.2, -0.15) is 4.31 Å². The molecule has 0 amide bonds. The van der Waals surface area contributed by atoms with Crippen molar-refractivity contribution in [1.82, 2.24) is 14.4 Å². The van der Waals surface area contributed by atoms with Gasteiger partial charge in [0.15, 0.2) is 12.4 Å². The number of carbonyl (C=O) groups is 1. The van der Waals surface area contributed by atoms with Crippen LogP contribution in [0.3, 0.4) is 0 Å². The van der Waals surface area contributed by atoms with Crippen molar-refractivity contribution in [3.05, 3.63) is 28.8 Å². The summed E-state index contributed by atoms with van der Waals surface area (Å²) in [4.78, 5) is 16.6. The fraction of sp³-hybridized carbons (Fsp3) is 0.588. The molecule has 27 heavy (non-hydrogen) atoms. The average molecular weight is 397 g/mol. The van der Waals surface area contributed by atoms with E-state index in [1.54, 1.807) is 20.8 Å². The molecule has 0 saturated carbocycles. The maximum atomic E-state index is 12.8. The average Bonchev–Trinajstić information content (AvgIpc) is 3.14. The Kier molecular flexibility index (Phi) is 5.38. The van der Waals surface area contributed by atoms with E-state index in [1.165, 1.54) is 4.31 Å². The van der Waals surface area contributed by atoms with E-state index < -0.39 is 10.0 Å². The van der Waals surface area contributed by atoms with Gasteiger partial charge in [0, 0.05) is 13.1 Å². The highest BCUT2D eigenvalue weighted by Crippen LogP contribution is 2.28. The Bertz CT molecular complexity index is 899. The fourth-order valence-electron chi connectivity index (χ4n) is 3.16. The van der Waals surface area contributed by atoms with E-state index in [1.807, 2.05) is 6.92 Å². The van der Waals surface area contributed by atoms with Crippen LogP contribution < -0.4 is 0 Å². The van der Waals surface area contributed by atoms with Crippen LogP contribution in [0.2, 0.25) is 0 Å². The van der Waals surface area contributed by atoms with Gasteiger partial charge >= 0.3 is 5.97 Å². The Morgan fingerprint density at radius 3 is 2.33 bits per heavy atom. The second kappa shape index (κ2) is 7.43. The third-order valence-electron chi connectivity index (χ3n) is 4.76. The number of piperidine rings is 1. The fourth-order valence-corrected chi connectivity index (χ4v) is 4.92. The van der Waals surface area contributed by atoms with Crippen molar-refractivity contribution in [3.63, 3.8) is 0 Å². The van der Waals surface area contributed by atoms with Crippen molar-refractivity contribution in [1.29, 1.82) is 0 Å². The molecule has 10 heteroatoms. The highest BCUT2D eigenvalue weighted by atomic mass is 32.2. The summed E-state index contributed by atoms with van der Waals surface area (Å²) < 4.78 is 42.6. The lowest BCUT2D eigenvalue weighted by Gasteiger charge is -2.29. The molecule has 1 fully saturated rings. The molecule has 0 bridgehead atoms. The van der Waals surface area contributed by atoms with E-state index in [-0.39, 0.29) is 42.2 Å². The van der Waals surface area contributed by atoms with E-state index in [2.05, 4.69) is 10.1 Å². The number of hydrogen-bond donors (Lipinski definition) is 0. The third-order valence-corrected chi connectivity index (χ3v) is 6.91. The minimum Gasteiger partial charge on any atom is -0.455 e. The number of sulfonamides is 1. The smallest absolute Gasteiger partial charge is 0.309 e. The second-order valence-electron chi connectivity index (χ2n) is 6.69. The van der Waals surface area contributed by atoms with Gasteiger partial charge in [0.1, 0.15) is 16.3 Å². The number of carbonyl (C=O) groups excluding carboxylic acids is 1. The lowest BCUT2D eigenvalue weighted by atomic mass is 9.98. The summed E-state index contributed by atoms with van der Waals surface area (Å²) in [6.07, 6.45) is 0.788. The minimum absolute atomic E-state index is 0.0227. The summed E-state index contributed by atoms with van der Waals surface area (Å²) >= 11 is 0. The van der Waals surface area contributed by atoms with Crippen molar-refractivity contribution in [3.8, 4) is 0 Å². The van der Waals surface area contributed by atoms with Gasteiger partial charge in [-0.3, -0.25) is 4.79 Å². The highest BCUT2D eigenvalue weighted by molar-refractivity contribution is 7.89. The summed E-state index contributed by atoms with van der Waals surface area (Å²) in [6, 6.07) is 0. The van der Waals surface area contributed by atoms with Gasteiger partial charge in [0.05, 0.1) is 11.6 Å². The van der Waals surface area contributed by atoms with Gasteiger partial charge in [-0.05, 0) is 40.5 Å². The Morgan fingerprint density at radius 1 is 1.15 bits per heavy atom. The maximum absolute atomic E-state index is 12.8. The zero-order valence-corrected chi connectivity index (χ0v) is 16.6. The lowest BCUT2D eigenvalue weighted by Crippen LogP contribution is -2.40. The van der Waals surface area contributed by atoms with E-state index in [0.29, 0.717) is 30.2 Å². The Balaban J connectivity index is 1.57. The van der Waals surface area contributed by atoms with Crippen molar-refractivity contribution in [2.24, 2.45) is 5.92 Å². The Hall–Kier alpha value is -2.20. The van der Waals surface area contributed by atoms with E-state index in [9.17, 15) is 13.2 Å². The van der Waals surface area contributed by atoms with Crippen LogP contribution in [-0.2, 0) is 26.2 Å². The monoisotopic (exact) mass is 397 g/mol. The standard InChI is InChI=1S/C17H23N3O6S/c1-10-12(3)25-15(18-10)9-24-17(21)14-5-7-20(8-6-14)27(22,23)16-11(2)19-26-13(16)4/h14H,5-9H2,1-4H3. The van der Waals surface area contributed by atoms with Crippen LogP contribution in [0.15, 0.2) is 13.8 Å². The van der Waals surface area contributed by atoms with Gasteiger partial charge in [0.25, 0.3) is 0 Å². The van der Waals surface area contributed by atoms with E-state index in [0.717, 1.165) is 5.69 Å². The molecule has 1 aliphatic heterocycles. The first kappa shape index (κ1) is 19.6. The molecule has 1 aliphatic rings. The Morgan fingerprint density at radius 2 is 1.81 bits per heavy atom. The minimum atomic E-state index is -3.69. The summed E-state index contributed by atoms with van der Waals surface area (Å²) in [5.74, 6) is 0.609. The lowest BCUT2D eigenvalue weighted by molar-refractivity contribution is -0.151. The zero-order valence-electron chi connectivity index (χ0n) is 15.8. The number of esters is 1. The predicted molar refractivity (Wildman–Crippen MR) is 93.2 cm³/mol. The number of aryl methyl sites for hydroxylation is 4.